The summed E-state index contributed by atoms with van der Waals surface area (Å²) in [7, 11) is 3.13. The number of carbonyl (C=O) groups excluding carboxylic acids is 2. The maximum Gasteiger partial charge on any atom is 0.244 e. The first-order valence-corrected chi connectivity index (χ1v) is 8.60. The van der Waals surface area contributed by atoms with Crippen molar-refractivity contribution in [2.75, 3.05) is 20.8 Å². The molecule has 0 aliphatic rings. The Morgan fingerprint density at radius 2 is 1.63 bits per heavy atom. The second kappa shape index (κ2) is 10.7. The average molecular weight is 368 g/mol. The molecule has 0 bridgehead atoms. The van der Waals surface area contributed by atoms with Gasteiger partial charge in [0.2, 0.25) is 11.8 Å². The minimum atomic E-state index is -0.271. The molecule has 2 N–H and O–H groups in total. The normalized spacial score (nSPS) is 10.4. The van der Waals surface area contributed by atoms with E-state index in [2.05, 4.69) is 10.6 Å². The minimum Gasteiger partial charge on any atom is -0.497 e. The summed E-state index contributed by atoms with van der Waals surface area (Å²) in [6.07, 6.45) is 3.30. The molecule has 27 heavy (non-hydrogen) atoms. The number of ether oxygens (including phenoxy) is 2. The van der Waals surface area contributed by atoms with E-state index < -0.39 is 0 Å². The lowest BCUT2D eigenvalue weighted by molar-refractivity contribution is -0.121. The predicted molar refractivity (Wildman–Crippen MR) is 104 cm³/mol. The fraction of sp³-hybridized carbons (Fsp3) is 0.238. The van der Waals surface area contributed by atoms with Crippen LogP contribution in [0.25, 0.3) is 6.08 Å². The molecule has 0 radical (unpaired) electrons. The minimum absolute atomic E-state index is 0.110. The standard InChI is InChI=1S/C21H24N2O4/c1-26-18-12-17(13-19(14-18)27-2)8-9-20(24)22-11-10-21(25)23-15-16-6-4-3-5-7-16/h3-9,12-14H,10-11,15H2,1-2H3,(H,22,24)(H,23,25)/b9-8+. The molecule has 2 aromatic carbocycles. The summed E-state index contributed by atoms with van der Waals surface area (Å²) in [6.45, 7) is 0.746. The fourth-order valence-electron chi connectivity index (χ4n) is 2.34. The van der Waals surface area contributed by atoms with E-state index in [4.69, 9.17) is 9.47 Å². The third kappa shape index (κ3) is 7.23. The summed E-state index contributed by atoms with van der Waals surface area (Å²) in [5.41, 5.74) is 1.81. The van der Waals surface area contributed by atoms with Crippen molar-refractivity contribution in [3.63, 3.8) is 0 Å². The van der Waals surface area contributed by atoms with Crippen LogP contribution >= 0.6 is 0 Å². The van der Waals surface area contributed by atoms with Crippen molar-refractivity contribution in [1.29, 1.82) is 0 Å². The topological polar surface area (TPSA) is 76.7 Å². The van der Waals surface area contributed by atoms with Gasteiger partial charge in [0.15, 0.2) is 0 Å². The molecule has 0 unspecified atom stereocenters. The highest BCUT2D eigenvalue weighted by atomic mass is 16.5. The Morgan fingerprint density at radius 3 is 2.26 bits per heavy atom. The summed E-state index contributed by atoms with van der Waals surface area (Å²) >= 11 is 0. The van der Waals surface area contributed by atoms with Gasteiger partial charge >= 0.3 is 0 Å². The van der Waals surface area contributed by atoms with Gasteiger partial charge in [0.25, 0.3) is 0 Å². The molecule has 142 valence electrons. The third-order valence-electron chi connectivity index (χ3n) is 3.78. The number of methoxy groups -OCH3 is 2. The molecule has 2 rings (SSSR count). The van der Waals surface area contributed by atoms with Crippen LogP contribution in [-0.4, -0.2) is 32.6 Å². The van der Waals surface area contributed by atoms with E-state index in [-0.39, 0.29) is 24.8 Å². The molecule has 0 aromatic heterocycles. The van der Waals surface area contributed by atoms with Crippen LogP contribution in [-0.2, 0) is 16.1 Å². The quantitative estimate of drug-likeness (QED) is 0.667. The molecule has 0 aliphatic heterocycles. The first kappa shape index (κ1) is 20.0. The molecule has 0 fully saturated rings. The van der Waals surface area contributed by atoms with Gasteiger partial charge in [-0.25, -0.2) is 0 Å². The van der Waals surface area contributed by atoms with Gasteiger partial charge in [-0.2, -0.15) is 0 Å². The number of carbonyl (C=O) groups is 2. The number of benzene rings is 2. The molecular formula is C21H24N2O4. The van der Waals surface area contributed by atoms with E-state index in [0.717, 1.165) is 11.1 Å². The zero-order valence-electron chi connectivity index (χ0n) is 15.5. The second-order valence-electron chi connectivity index (χ2n) is 5.78. The van der Waals surface area contributed by atoms with Gasteiger partial charge in [-0.05, 0) is 29.3 Å². The molecule has 0 saturated heterocycles. The van der Waals surface area contributed by atoms with E-state index >= 15 is 0 Å². The monoisotopic (exact) mass is 368 g/mol. The third-order valence-corrected chi connectivity index (χ3v) is 3.78. The first-order valence-electron chi connectivity index (χ1n) is 8.60. The number of amides is 2. The van der Waals surface area contributed by atoms with E-state index in [1.807, 2.05) is 30.3 Å². The zero-order valence-corrected chi connectivity index (χ0v) is 15.5. The Balaban J connectivity index is 1.74. The highest BCUT2D eigenvalue weighted by Gasteiger charge is 2.03. The second-order valence-corrected chi connectivity index (χ2v) is 5.78. The molecule has 0 aliphatic carbocycles. The molecule has 0 heterocycles. The van der Waals surface area contributed by atoms with Crippen LogP contribution in [0.1, 0.15) is 17.5 Å². The van der Waals surface area contributed by atoms with Crippen LogP contribution < -0.4 is 20.1 Å². The summed E-state index contributed by atoms with van der Waals surface area (Å²) in [5.74, 6) is 0.905. The fourth-order valence-corrected chi connectivity index (χ4v) is 2.34. The highest BCUT2D eigenvalue weighted by molar-refractivity contribution is 5.92. The van der Waals surface area contributed by atoms with Gasteiger partial charge in [-0.3, -0.25) is 9.59 Å². The molecule has 2 aromatic rings. The van der Waals surface area contributed by atoms with Crippen molar-refractivity contribution in [2.24, 2.45) is 0 Å². The Hall–Kier alpha value is -3.28. The van der Waals surface area contributed by atoms with Crippen molar-refractivity contribution in [1.82, 2.24) is 10.6 Å². The van der Waals surface area contributed by atoms with E-state index in [1.54, 1.807) is 38.5 Å². The first-order chi connectivity index (χ1) is 13.1. The zero-order chi connectivity index (χ0) is 19.5. The van der Waals surface area contributed by atoms with Crippen LogP contribution in [0.5, 0.6) is 11.5 Å². The van der Waals surface area contributed by atoms with Crippen molar-refractivity contribution in [2.45, 2.75) is 13.0 Å². The smallest absolute Gasteiger partial charge is 0.244 e. The molecule has 2 amide bonds. The van der Waals surface area contributed by atoms with Crippen molar-refractivity contribution in [3.8, 4) is 11.5 Å². The highest BCUT2D eigenvalue weighted by Crippen LogP contribution is 2.23. The summed E-state index contributed by atoms with van der Waals surface area (Å²) in [6, 6.07) is 15.0. The van der Waals surface area contributed by atoms with Gasteiger partial charge < -0.3 is 20.1 Å². The van der Waals surface area contributed by atoms with E-state index in [9.17, 15) is 9.59 Å². The van der Waals surface area contributed by atoms with Crippen LogP contribution in [0.3, 0.4) is 0 Å². The van der Waals surface area contributed by atoms with Gasteiger partial charge in [0.05, 0.1) is 14.2 Å². The SMILES string of the molecule is COc1cc(/C=C/C(=O)NCCC(=O)NCc2ccccc2)cc(OC)c1. The lowest BCUT2D eigenvalue weighted by Gasteiger charge is -2.06. The lowest BCUT2D eigenvalue weighted by atomic mass is 10.2. The maximum atomic E-state index is 11.9. The summed E-state index contributed by atoms with van der Waals surface area (Å²) in [5, 5.41) is 5.51. The van der Waals surface area contributed by atoms with Gasteiger partial charge in [-0.15, -0.1) is 0 Å². The molecule has 0 saturated carbocycles. The van der Waals surface area contributed by atoms with Crippen molar-refractivity contribution >= 4 is 17.9 Å². The number of rotatable bonds is 9. The number of hydrogen-bond donors (Lipinski definition) is 2. The largest absolute Gasteiger partial charge is 0.497 e. The molecular weight excluding hydrogens is 344 g/mol. The van der Waals surface area contributed by atoms with Crippen LogP contribution in [0, 0.1) is 0 Å². The summed E-state index contributed by atoms with van der Waals surface area (Å²) in [4.78, 5) is 23.7. The Bertz CT molecular complexity index is 766. The Morgan fingerprint density at radius 1 is 0.963 bits per heavy atom. The summed E-state index contributed by atoms with van der Waals surface area (Å²) < 4.78 is 10.4. The van der Waals surface area contributed by atoms with E-state index in [0.29, 0.717) is 18.0 Å². The molecule has 6 heteroatoms. The van der Waals surface area contributed by atoms with Crippen molar-refractivity contribution in [3.05, 3.63) is 65.7 Å². The lowest BCUT2D eigenvalue weighted by Crippen LogP contribution is -2.29. The van der Waals surface area contributed by atoms with Crippen molar-refractivity contribution < 1.29 is 19.1 Å². The van der Waals surface area contributed by atoms with Gasteiger partial charge in [-0.1, -0.05) is 30.3 Å². The maximum absolute atomic E-state index is 11.9. The van der Waals surface area contributed by atoms with E-state index in [1.165, 1.54) is 6.08 Å². The molecule has 6 nitrogen and oxygen atoms in total. The predicted octanol–water partition coefficient (Wildman–Crippen LogP) is 2.54. The Kier molecular flexibility index (Phi) is 7.91. The van der Waals surface area contributed by atoms with Crippen LogP contribution in [0.15, 0.2) is 54.6 Å². The number of nitrogens with one attached hydrogen (secondary N) is 2. The Labute approximate surface area is 159 Å². The number of hydrogen-bond acceptors (Lipinski definition) is 4. The average Bonchev–Trinajstić information content (AvgIpc) is 2.71. The van der Waals surface area contributed by atoms with Gasteiger partial charge in [0, 0.05) is 31.7 Å². The van der Waals surface area contributed by atoms with Gasteiger partial charge in [0.1, 0.15) is 11.5 Å². The molecule has 0 spiro atoms. The molecule has 0 atom stereocenters. The van der Waals surface area contributed by atoms with Crippen LogP contribution in [0.2, 0.25) is 0 Å². The van der Waals surface area contributed by atoms with Crippen LogP contribution in [0.4, 0.5) is 0 Å².